The predicted octanol–water partition coefficient (Wildman–Crippen LogP) is 1.41. The molecule has 0 aromatic carbocycles. The molecule has 0 atom stereocenters. The van der Waals surface area contributed by atoms with Crippen molar-refractivity contribution in [1.29, 1.82) is 0 Å². The maximum atomic E-state index is 9.15. The first-order valence-electron chi connectivity index (χ1n) is 7.65. The molecular weight excluding hydrogens is 279 g/mol. The van der Waals surface area contributed by atoms with Gasteiger partial charge in [0.1, 0.15) is 0 Å². The highest BCUT2D eigenvalue weighted by atomic mass is 16.7. The summed E-state index contributed by atoms with van der Waals surface area (Å²) in [6.07, 6.45) is 4.44. The monoisotopic (exact) mass is 302 g/mol. The molecule has 118 valence electrons. The number of fused-ring (bicyclic) bond motifs is 1. The van der Waals surface area contributed by atoms with Crippen LogP contribution in [0.15, 0.2) is 18.5 Å². The van der Waals surface area contributed by atoms with Crippen molar-refractivity contribution >= 4 is 23.6 Å². The summed E-state index contributed by atoms with van der Waals surface area (Å²) in [6, 6.07) is 2.06. The fraction of sp³-hybridized carbons (Fsp3) is 0.562. The van der Waals surface area contributed by atoms with E-state index < -0.39 is 7.12 Å². The van der Waals surface area contributed by atoms with Crippen LogP contribution in [-0.4, -0.2) is 39.6 Å². The summed E-state index contributed by atoms with van der Waals surface area (Å²) in [6.45, 7) is 8.29. The molecule has 0 spiro atoms. The van der Waals surface area contributed by atoms with Crippen molar-refractivity contribution in [3.05, 3.63) is 24.0 Å². The van der Waals surface area contributed by atoms with E-state index in [2.05, 4.69) is 11.1 Å². The maximum absolute atomic E-state index is 9.15. The first kappa shape index (κ1) is 15.5. The van der Waals surface area contributed by atoms with Gasteiger partial charge in [0.2, 0.25) is 0 Å². The zero-order valence-electron chi connectivity index (χ0n) is 13.9. The Labute approximate surface area is 131 Å². The second-order valence-corrected chi connectivity index (χ2v) is 6.96. The summed E-state index contributed by atoms with van der Waals surface area (Å²) in [5.74, 6) is 0. The van der Waals surface area contributed by atoms with Gasteiger partial charge in [-0.1, -0.05) is 0 Å². The summed E-state index contributed by atoms with van der Waals surface area (Å²) >= 11 is 0. The molecule has 1 aliphatic rings. The quantitative estimate of drug-likeness (QED) is 0.871. The van der Waals surface area contributed by atoms with Crippen LogP contribution in [0, 0.1) is 0 Å². The lowest BCUT2D eigenvalue weighted by Gasteiger charge is -2.32. The lowest BCUT2D eigenvalue weighted by molar-refractivity contribution is 0.00578. The van der Waals surface area contributed by atoms with Crippen LogP contribution >= 0.6 is 0 Å². The number of aromatic nitrogens is 2. The third kappa shape index (κ3) is 2.35. The van der Waals surface area contributed by atoms with E-state index in [1.54, 1.807) is 0 Å². The lowest BCUT2D eigenvalue weighted by Crippen LogP contribution is -2.41. The van der Waals surface area contributed by atoms with Gasteiger partial charge in [0.05, 0.1) is 22.2 Å². The van der Waals surface area contributed by atoms with E-state index >= 15 is 0 Å². The summed E-state index contributed by atoms with van der Waals surface area (Å²) in [4.78, 5) is 4.57. The van der Waals surface area contributed by atoms with Gasteiger partial charge in [0, 0.05) is 31.5 Å². The molecule has 3 heterocycles. The number of aliphatic hydroxyl groups is 1. The van der Waals surface area contributed by atoms with Gasteiger partial charge in [-0.25, -0.2) is 0 Å². The van der Waals surface area contributed by atoms with Gasteiger partial charge < -0.3 is 19.0 Å². The second-order valence-electron chi connectivity index (χ2n) is 6.96. The van der Waals surface area contributed by atoms with Crippen LogP contribution < -0.4 is 5.46 Å². The zero-order chi connectivity index (χ0) is 16.1. The van der Waals surface area contributed by atoms with E-state index in [-0.39, 0.29) is 17.8 Å². The van der Waals surface area contributed by atoms with Crippen molar-refractivity contribution in [2.75, 3.05) is 6.61 Å². The van der Waals surface area contributed by atoms with Gasteiger partial charge in [-0.15, -0.1) is 0 Å². The van der Waals surface area contributed by atoms with Crippen molar-refractivity contribution in [3.63, 3.8) is 0 Å². The van der Waals surface area contributed by atoms with Gasteiger partial charge in [0.15, 0.2) is 0 Å². The molecule has 1 fully saturated rings. The topological polar surface area (TPSA) is 56.5 Å². The average molecular weight is 302 g/mol. The Bertz CT molecular complexity index is 693. The molecule has 0 radical (unpaired) electrons. The van der Waals surface area contributed by atoms with Crippen molar-refractivity contribution in [2.24, 2.45) is 7.05 Å². The Morgan fingerprint density at radius 1 is 1.23 bits per heavy atom. The fourth-order valence-corrected chi connectivity index (χ4v) is 2.76. The van der Waals surface area contributed by atoms with Gasteiger partial charge in [-0.05, 0) is 45.7 Å². The number of hydrogen-bond donors (Lipinski definition) is 1. The van der Waals surface area contributed by atoms with Crippen molar-refractivity contribution in [3.8, 4) is 0 Å². The Morgan fingerprint density at radius 2 is 1.86 bits per heavy atom. The Balaban J connectivity index is 1.98. The zero-order valence-corrected chi connectivity index (χ0v) is 13.9. The van der Waals surface area contributed by atoms with Gasteiger partial charge in [-0.2, -0.15) is 0 Å². The van der Waals surface area contributed by atoms with E-state index in [0.29, 0.717) is 6.42 Å². The molecular formula is C16H23BN2O3. The highest BCUT2D eigenvalue weighted by molar-refractivity contribution is 6.62. The number of aryl methyl sites for hydroxylation is 1. The molecule has 0 unspecified atom stereocenters. The molecule has 1 N–H and O–H groups in total. The highest BCUT2D eigenvalue weighted by Gasteiger charge is 2.51. The number of hydrogen-bond acceptors (Lipinski definition) is 4. The molecule has 22 heavy (non-hydrogen) atoms. The summed E-state index contributed by atoms with van der Waals surface area (Å²) in [5.41, 5.74) is 3.21. The molecule has 0 saturated carbocycles. The number of nitrogens with zero attached hydrogens (tertiary/aromatic N) is 2. The van der Waals surface area contributed by atoms with Crippen LogP contribution in [0.5, 0.6) is 0 Å². The first-order chi connectivity index (χ1) is 10.2. The fourth-order valence-electron chi connectivity index (χ4n) is 2.76. The molecule has 2 aromatic heterocycles. The Kier molecular flexibility index (Phi) is 3.59. The van der Waals surface area contributed by atoms with E-state index in [1.807, 2.05) is 51.7 Å². The van der Waals surface area contributed by atoms with Crippen LogP contribution in [0.2, 0.25) is 0 Å². The second kappa shape index (κ2) is 5.08. The minimum Gasteiger partial charge on any atom is -0.399 e. The lowest BCUT2D eigenvalue weighted by atomic mass is 9.80. The SMILES string of the molecule is Cn1cc(CCO)c2ncc(B3OC(C)(C)C(C)(C)O3)cc21. The van der Waals surface area contributed by atoms with E-state index in [4.69, 9.17) is 14.4 Å². The van der Waals surface area contributed by atoms with Gasteiger partial charge >= 0.3 is 7.12 Å². The Hall–Kier alpha value is -1.37. The van der Waals surface area contributed by atoms with Crippen LogP contribution in [0.4, 0.5) is 0 Å². The maximum Gasteiger partial charge on any atom is 0.496 e. The number of rotatable bonds is 3. The van der Waals surface area contributed by atoms with Crippen LogP contribution in [0.3, 0.4) is 0 Å². The van der Waals surface area contributed by atoms with E-state index in [9.17, 15) is 0 Å². The Morgan fingerprint density at radius 3 is 2.45 bits per heavy atom. The van der Waals surface area contributed by atoms with Crippen LogP contribution in [0.25, 0.3) is 11.0 Å². The van der Waals surface area contributed by atoms with Crippen molar-refractivity contribution in [1.82, 2.24) is 9.55 Å². The molecule has 1 aliphatic heterocycles. The molecule has 0 amide bonds. The van der Waals surface area contributed by atoms with Gasteiger partial charge in [-0.3, -0.25) is 4.98 Å². The first-order valence-corrected chi connectivity index (χ1v) is 7.65. The van der Waals surface area contributed by atoms with Crippen molar-refractivity contribution < 1.29 is 14.4 Å². The normalized spacial score (nSPS) is 20.0. The summed E-state index contributed by atoms with van der Waals surface area (Å²) in [7, 11) is 1.58. The van der Waals surface area contributed by atoms with Crippen LogP contribution in [-0.2, 0) is 22.8 Å². The molecule has 6 heteroatoms. The molecule has 3 rings (SSSR count). The summed E-state index contributed by atoms with van der Waals surface area (Å²) in [5, 5.41) is 9.15. The predicted molar refractivity (Wildman–Crippen MR) is 87.2 cm³/mol. The van der Waals surface area contributed by atoms with E-state index in [0.717, 1.165) is 22.1 Å². The molecule has 0 aliphatic carbocycles. The smallest absolute Gasteiger partial charge is 0.399 e. The highest BCUT2D eigenvalue weighted by Crippen LogP contribution is 2.36. The minimum atomic E-state index is -0.405. The van der Waals surface area contributed by atoms with Gasteiger partial charge in [0.25, 0.3) is 0 Å². The standard InChI is InChI=1S/C16H23BN2O3/c1-15(2)16(3,4)22-17(21-15)12-8-13-14(18-9-12)11(6-7-20)10-19(13)5/h8-10,20H,6-7H2,1-5H3. The third-order valence-electron chi connectivity index (χ3n) is 4.83. The molecule has 0 bridgehead atoms. The molecule has 2 aromatic rings. The number of pyridine rings is 1. The largest absolute Gasteiger partial charge is 0.496 e. The molecule has 1 saturated heterocycles. The average Bonchev–Trinajstić information content (AvgIpc) is 2.85. The minimum absolute atomic E-state index is 0.125. The molecule has 5 nitrogen and oxygen atoms in total. The summed E-state index contributed by atoms with van der Waals surface area (Å²) < 4.78 is 14.2. The number of aliphatic hydroxyl groups excluding tert-OH is 1. The van der Waals surface area contributed by atoms with E-state index in [1.165, 1.54) is 0 Å². The third-order valence-corrected chi connectivity index (χ3v) is 4.83. The van der Waals surface area contributed by atoms with Crippen molar-refractivity contribution in [2.45, 2.75) is 45.3 Å². The van der Waals surface area contributed by atoms with Crippen LogP contribution in [0.1, 0.15) is 33.3 Å².